The van der Waals surface area contributed by atoms with Crippen LogP contribution < -0.4 is 4.74 Å². The molecule has 0 heterocycles. The maximum Gasteiger partial charge on any atom is 0.341 e. The highest BCUT2D eigenvalue weighted by atomic mass is 127. The zero-order valence-electron chi connectivity index (χ0n) is 16.3. The van der Waals surface area contributed by atoms with E-state index in [2.05, 4.69) is 99.8 Å². The quantitative estimate of drug-likeness (QED) is 0.215. The van der Waals surface area contributed by atoms with Crippen molar-refractivity contribution in [2.24, 2.45) is 0 Å². The molecule has 0 aromatic heterocycles. The molecule has 0 unspecified atom stereocenters. The second kappa shape index (κ2) is 11.2. The molecule has 0 spiro atoms. The van der Waals surface area contributed by atoms with E-state index in [0.717, 1.165) is 16.2 Å². The lowest BCUT2D eigenvalue weighted by atomic mass is 9.98. The minimum atomic E-state index is -0.975. The number of carboxylic acids is 1. The zero-order chi connectivity index (χ0) is 21.5. The highest BCUT2D eigenvalue weighted by Crippen LogP contribution is 2.29. The Morgan fingerprint density at radius 2 is 1.53 bits per heavy atom. The van der Waals surface area contributed by atoms with Gasteiger partial charge < -0.3 is 9.84 Å². The van der Waals surface area contributed by atoms with E-state index in [4.69, 9.17) is 9.84 Å². The third kappa shape index (κ3) is 6.75. The van der Waals surface area contributed by atoms with Crippen LogP contribution in [0.1, 0.15) is 16.7 Å². The summed E-state index contributed by atoms with van der Waals surface area (Å²) >= 11 is 6.39. The van der Waals surface area contributed by atoms with E-state index in [9.17, 15) is 4.79 Å². The Hall–Kier alpha value is -1.52. The first-order valence-electron chi connectivity index (χ1n) is 9.22. The Morgan fingerprint density at radius 1 is 0.967 bits per heavy atom. The Labute approximate surface area is 208 Å². The van der Waals surface area contributed by atoms with Gasteiger partial charge in [-0.1, -0.05) is 30.3 Å². The van der Waals surface area contributed by atoms with E-state index in [-0.39, 0.29) is 6.61 Å². The number of carbonyl (C=O) groups is 1. The van der Waals surface area contributed by atoms with E-state index in [1.165, 1.54) is 23.8 Å². The molecule has 0 saturated carbocycles. The van der Waals surface area contributed by atoms with Gasteiger partial charge in [-0.3, -0.25) is 0 Å². The smallest absolute Gasteiger partial charge is 0.341 e. The Kier molecular flexibility index (Phi) is 8.64. The number of hydrogen-bond donors (Lipinski definition) is 1. The largest absolute Gasteiger partial charge is 0.482 e. The molecule has 3 rings (SSSR count). The van der Waals surface area contributed by atoms with Gasteiger partial charge in [-0.15, -0.1) is 11.8 Å². The van der Waals surface area contributed by atoms with E-state index in [0.29, 0.717) is 5.75 Å². The second-order valence-corrected chi connectivity index (χ2v) is 10.1. The molecule has 0 atom stereocenters. The number of aryl methyl sites for hydroxylation is 1. The van der Waals surface area contributed by atoms with Gasteiger partial charge in [0.15, 0.2) is 6.61 Å². The van der Waals surface area contributed by atoms with Crippen molar-refractivity contribution in [2.75, 3.05) is 12.4 Å². The number of rotatable bonds is 8. The highest BCUT2D eigenvalue weighted by Gasteiger charge is 2.07. The van der Waals surface area contributed by atoms with Crippen LogP contribution in [0.3, 0.4) is 0 Å². The van der Waals surface area contributed by atoms with E-state index >= 15 is 0 Å². The standard InChI is InChI=1S/C24H20I2O3S/c1-16-14-21(10-11-23(16)29-15-24(27)28)30-13-12-22(17-2-6-19(25)7-3-17)18-4-8-20(26)9-5-18/h2-12,14H,13,15H2,1H3,(H,27,28). The molecule has 0 aliphatic rings. The van der Waals surface area contributed by atoms with E-state index < -0.39 is 5.97 Å². The number of benzene rings is 3. The summed E-state index contributed by atoms with van der Waals surface area (Å²) < 4.78 is 7.74. The minimum absolute atomic E-state index is 0.328. The van der Waals surface area contributed by atoms with Gasteiger partial charge in [-0.05, 0) is 117 Å². The average Bonchev–Trinajstić information content (AvgIpc) is 2.72. The van der Waals surface area contributed by atoms with Crippen LogP contribution in [0.15, 0.2) is 77.7 Å². The van der Waals surface area contributed by atoms with E-state index in [1.807, 2.05) is 25.1 Å². The van der Waals surface area contributed by atoms with Crippen molar-refractivity contribution < 1.29 is 14.6 Å². The summed E-state index contributed by atoms with van der Waals surface area (Å²) in [7, 11) is 0. The Morgan fingerprint density at radius 3 is 2.03 bits per heavy atom. The van der Waals surface area contributed by atoms with Crippen LogP contribution in [0.4, 0.5) is 0 Å². The maximum atomic E-state index is 10.7. The van der Waals surface area contributed by atoms with Crippen LogP contribution in [-0.2, 0) is 4.79 Å². The number of halogens is 2. The molecular formula is C24H20I2O3S. The molecular weight excluding hydrogens is 622 g/mol. The third-order valence-electron chi connectivity index (χ3n) is 4.35. The number of ether oxygens (including phenoxy) is 1. The average molecular weight is 642 g/mol. The van der Waals surface area contributed by atoms with Crippen LogP contribution >= 0.6 is 56.9 Å². The third-order valence-corrected chi connectivity index (χ3v) is 6.70. The molecule has 1 N–H and O–H groups in total. The lowest BCUT2D eigenvalue weighted by molar-refractivity contribution is -0.139. The molecule has 0 aliphatic heterocycles. The van der Waals surface area contributed by atoms with Crippen LogP contribution in [0.2, 0.25) is 0 Å². The fourth-order valence-corrected chi connectivity index (χ4v) is 4.48. The first-order chi connectivity index (χ1) is 14.4. The monoisotopic (exact) mass is 642 g/mol. The Balaban J connectivity index is 1.77. The predicted molar refractivity (Wildman–Crippen MR) is 140 cm³/mol. The number of hydrogen-bond acceptors (Lipinski definition) is 3. The summed E-state index contributed by atoms with van der Waals surface area (Å²) in [5.41, 5.74) is 4.55. The molecule has 3 aromatic carbocycles. The van der Waals surface area contributed by atoms with Gasteiger partial charge in [0.05, 0.1) is 0 Å². The number of thioether (sulfide) groups is 1. The number of carboxylic acid groups (broad SMARTS) is 1. The van der Waals surface area contributed by atoms with Crippen molar-refractivity contribution >= 4 is 68.5 Å². The first-order valence-corrected chi connectivity index (χ1v) is 12.4. The molecule has 0 amide bonds. The predicted octanol–water partition coefficient (Wildman–Crippen LogP) is 6.89. The Bertz CT molecular complexity index is 998. The summed E-state index contributed by atoms with van der Waals surface area (Å²) in [4.78, 5) is 11.8. The molecule has 0 saturated heterocycles. The van der Waals surface area contributed by atoms with Crippen LogP contribution in [-0.4, -0.2) is 23.4 Å². The summed E-state index contributed by atoms with van der Waals surface area (Å²) in [5.74, 6) is 0.453. The van der Waals surface area contributed by atoms with Crippen molar-refractivity contribution in [1.29, 1.82) is 0 Å². The summed E-state index contributed by atoms with van der Waals surface area (Å²) in [6.07, 6.45) is 2.26. The molecule has 0 radical (unpaired) electrons. The fraction of sp³-hybridized carbons (Fsp3) is 0.125. The number of aliphatic carboxylic acids is 1. The summed E-state index contributed by atoms with van der Waals surface area (Å²) in [5, 5.41) is 8.77. The first kappa shape index (κ1) is 23.1. The van der Waals surface area contributed by atoms with Crippen molar-refractivity contribution in [3.8, 4) is 5.75 Å². The fourth-order valence-electron chi connectivity index (χ4n) is 2.90. The van der Waals surface area contributed by atoms with Crippen molar-refractivity contribution in [2.45, 2.75) is 11.8 Å². The van der Waals surface area contributed by atoms with Crippen LogP contribution in [0, 0.1) is 14.1 Å². The van der Waals surface area contributed by atoms with Gasteiger partial charge in [0.1, 0.15) is 5.75 Å². The molecule has 30 heavy (non-hydrogen) atoms. The summed E-state index contributed by atoms with van der Waals surface area (Å²) in [6.45, 7) is 1.60. The molecule has 0 bridgehead atoms. The van der Waals surface area contributed by atoms with Gasteiger partial charge in [0.25, 0.3) is 0 Å². The molecule has 6 heteroatoms. The van der Waals surface area contributed by atoms with Crippen LogP contribution in [0.5, 0.6) is 5.75 Å². The highest BCUT2D eigenvalue weighted by molar-refractivity contribution is 14.1. The van der Waals surface area contributed by atoms with Gasteiger partial charge in [0.2, 0.25) is 0 Å². The second-order valence-electron chi connectivity index (χ2n) is 6.55. The summed E-state index contributed by atoms with van der Waals surface area (Å²) in [6, 6.07) is 23.0. The van der Waals surface area contributed by atoms with Crippen molar-refractivity contribution in [3.05, 3.63) is 96.6 Å². The van der Waals surface area contributed by atoms with Gasteiger partial charge in [-0.25, -0.2) is 4.79 Å². The van der Waals surface area contributed by atoms with Gasteiger partial charge >= 0.3 is 5.97 Å². The molecule has 3 nitrogen and oxygen atoms in total. The lowest BCUT2D eigenvalue weighted by Crippen LogP contribution is -2.09. The van der Waals surface area contributed by atoms with Crippen molar-refractivity contribution in [1.82, 2.24) is 0 Å². The normalized spacial score (nSPS) is 10.5. The molecule has 154 valence electrons. The van der Waals surface area contributed by atoms with Crippen molar-refractivity contribution in [3.63, 3.8) is 0 Å². The zero-order valence-corrected chi connectivity index (χ0v) is 21.4. The lowest BCUT2D eigenvalue weighted by Gasteiger charge is -2.11. The topological polar surface area (TPSA) is 46.5 Å². The van der Waals surface area contributed by atoms with Gasteiger partial charge in [-0.2, -0.15) is 0 Å². The molecule has 0 fully saturated rings. The SMILES string of the molecule is Cc1cc(SCC=C(c2ccc(I)cc2)c2ccc(I)cc2)ccc1OCC(=O)O. The van der Waals surface area contributed by atoms with E-state index in [1.54, 1.807) is 11.8 Å². The molecule has 0 aliphatic carbocycles. The van der Waals surface area contributed by atoms with Crippen LogP contribution in [0.25, 0.3) is 5.57 Å². The minimum Gasteiger partial charge on any atom is -0.482 e. The van der Waals surface area contributed by atoms with Gasteiger partial charge in [0, 0.05) is 17.8 Å². The molecule has 3 aromatic rings. The maximum absolute atomic E-state index is 10.7.